The molecule has 0 amide bonds. The minimum atomic E-state index is 0.270. The Bertz CT molecular complexity index is 567. The van der Waals surface area contributed by atoms with Crippen LogP contribution in [0.5, 0.6) is 0 Å². The van der Waals surface area contributed by atoms with Crippen molar-refractivity contribution < 1.29 is 9.26 Å². The minimum absolute atomic E-state index is 0.270. The zero-order chi connectivity index (χ0) is 13.1. The summed E-state index contributed by atoms with van der Waals surface area (Å²) in [4.78, 5) is 4.37. The van der Waals surface area contributed by atoms with E-state index in [1.807, 2.05) is 22.9 Å². The molecule has 1 atom stereocenters. The normalized spacial score (nSPS) is 19.5. The SMILES string of the molecule is CCn1nccc1/C=C/c1nc(C2CCOC2)no1. The summed E-state index contributed by atoms with van der Waals surface area (Å²) in [7, 11) is 0. The maximum atomic E-state index is 5.32. The molecule has 1 unspecified atom stereocenters. The molecule has 3 heterocycles. The first-order chi connectivity index (χ1) is 9.36. The quantitative estimate of drug-likeness (QED) is 0.840. The molecule has 0 radical (unpaired) electrons. The fourth-order valence-electron chi connectivity index (χ4n) is 2.12. The van der Waals surface area contributed by atoms with Gasteiger partial charge in [0.05, 0.1) is 12.3 Å². The molecule has 1 saturated heterocycles. The average molecular weight is 260 g/mol. The third kappa shape index (κ3) is 2.58. The lowest BCUT2D eigenvalue weighted by molar-refractivity contribution is 0.192. The highest BCUT2D eigenvalue weighted by Gasteiger charge is 2.22. The van der Waals surface area contributed by atoms with Gasteiger partial charge in [0.25, 0.3) is 5.89 Å². The molecule has 1 fully saturated rings. The van der Waals surface area contributed by atoms with Crippen LogP contribution in [0.2, 0.25) is 0 Å². The summed E-state index contributed by atoms with van der Waals surface area (Å²) in [6.45, 7) is 4.35. The molecule has 19 heavy (non-hydrogen) atoms. The molecule has 0 aromatic carbocycles. The van der Waals surface area contributed by atoms with Crippen molar-refractivity contribution in [2.75, 3.05) is 13.2 Å². The van der Waals surface area contributed by atoms with Gasteiger partial charge in [0.2, 0.25) is 0 Å². The van der Waals surface area contributed by atoms with Gasteiger partial charge in [-0.25, -0.2) is 0 Å². The lowest BCUT2D eigenvalue weighted by Gasteiger charge is -1.97. The summed E-state index contributed by atoms with van der Waals surface area (Å²) < 4.78 is 12.4. The van der Waals surface area contributed by atoms with E-state index in [0.717, 1.165) is 31.1 Å². The molecule has 0 saturated carbocycles. The standard InChI is InChI=1S/C13H16N4O2/c1-2-17-11(5-7-14-17)3-4-12-15-13(16-19-12)10-6-8-18-9-10/h3-5,7,10H,2,6,8-9H2,1H3/b4-3+. The highest BCUT2D eigenvalue weighted by molar-refractivity contribution is 5.63. The zero-order valence-corrected chi connectivity index (χ0v) is 10.8. The Balaban J connectivity index is 1.73. The molecular weight excluding hydrogens is 244 g/mol. The summed E-state index contributed by atoms with van der Waals surface area (Å²) >= 11 is 0. The molecule has 1 aliphatic rings. The number of rotatable bonds is 4. The van der Waals surface area contributed by atoms with Gasteiger partial charge in [-0.05, 0) is 25.5 Å². The fraction of sp³-hybridized carbons (Fsp3) is 0.462. The van der Waals surface area contributed by atoms with Gasteiger partial charge in [0.15, 0.2) is 5.82 Å². The predicted molar refractivity (Wildman–Crippen MR) is 69.3 cm³/mol. The van der Waals surface area contributed by atoms with Crippen LogP contribution >= 0.6 is 0 Å². The van der Waals surface area contributed by atoms with Crippen molar-refractivity contribution in [3.05, 3.63) is 29.7 Å². The van der Waals surface area contributed by atoms with E-state index in [0.29, 0.717) is 12.5 Å². The second-order valence-corrected chi connectivity index (χ2v) is 4.46. The van der Waals surface area contributed by atoms with Crippen molar-refractivity contribution in [1.82, 2.24) is 19.9 Å². The molecule has 2 aromatic rings. The Kier molecular flexibility index (Phi) is 3.41. The van der Waals surface area contributed by atoms with E-state index in [-0.39, 0.29) is 5.92 Å². The van der Waals surface area contributed by atoms with Crippen LogP contribution in [-0.4, -0.2) is 33.1 Å². The van der Waals surface area contributed by atoms with Gasteiger partial charge < -0.3 is 9.26 Å². The van der Waals surface area contributed by atoms with Crippen molar-refractivity contribution in [2.24, 2.45) is 0 Å². The van der Waals surface area contributed by atoms with Crippen molar-refractivity contribution in [3.8, 4) is 0 Å². The van der Waals surface area contributed by atoms with Gasteiger partial charge in [-0.1, -0.05) is 5.16 Å². The van der Waals surface area contributed by atoms with Gasteiger partial charge in [0.1, 0.15) is 0 Å². The number of hydrogen-bond donors (Lipinski definition) is 0. The number of aryl methyl sites for hydroxylation is 1. The van der Waals surface area contributed by atoms with E-state index in [1.54, 1.807) is 6.20 Å². The molecule has 0 N–H and O–H groups in total. The smallest absolute Gasteiger partial charge is 0.250 e. The number of nitrogens with zero attached hydrogens (tertiary/aromatic N) is 4. The molecule has 0 aliphatic carbocycles. The van der Waals surface area contributed by atoms with E-state index in [1.165, 1.54) is 0 Å². The largest absolute Gasteiger partial charge is 0.381 e. The van der Waals surface area contributed by atoms with Gasteiger partial charge >= 0.3 is 0 Å². The van der Waals surface area contributed by atoms with Crippen molar-refractivity contribution in [1.29, 1.82) is 0 Å². The van der Waals surface area contributed by atoms with Crippen LogP contribution in [0.15, 0.2) is 16.8 Å². The lowest BCUT2D eigenvalue weighted by atomic mass is 10.1. The Morgan fingerprint density at radius 3 is 3.21 bits per heavy atom. The van der Waals surface area contributed by atoms with Gasteiger partial charge in [-0.2, -0.15) is 10.1 Å². The maximum Gasteiger partial charge on any atom is 0.250 e. The number of hydrogen-bond acceptors (Lipinski definition) is 5. The van der Waals surface area contributed by atoms with E-state index >= 15 is 0 Å². The lowest BCUT2D eigenvalue weighted by Crippen LogP contribution is -1.99. The molecule has 0 spiro atoms. The summed E-state index contributed by atoms with van der Waals surface area (Å²) in [6, 6.07) is 1.95. The summed E-state index contributed by atoms with van der Waals surface area (Å²) in [5.41, 5.74) is 1.02. The van der Waals surface area contributed by atoms with E-state index < -0.39 is 0 Å². The van der Waals surface area contributed by atoms with Crippen molar-refractivity contribution in [3.63, 3.8) is 0 Å². The fourth-order valence-corrected chi connectivity index (χ4v) is 2.12. The third-order valence-corrected chi connectivity index (χ3v) is 3.20. The number of ether oxygens (including phenoxy) is 1. The first-order valence-electron chi connectivity index (χ1n) is 6.48. The minimum Gasteiger partial charge on any atom is -0.381 e. The highest BCUT2D eigenvalue weighted by Crippen LogP contribution is 2.22. The molecule has 1 aliphatic heterocycles. The molecule has 6 nitrogen and oxygen atoms in total. The summed E-state index contributed by atoms with van der Waals surface area (Å²) in [5, 5.41) is 8.20. The van der Waals surface area contributed by atoms with E-state index in [2.05, 4.69) is 22.2 Å². The van der Waals surface area contributed by atoms with Crippen LogP contribution in [0.1, 0.15) is 36.7 Å². The van der Waals surface area contributed by atoms with Crippen LogP contribution in [0.4, 0.5) is 0 Å². The Morgan fingerprint density at radius 2 is 2.42 bits per heavy atom. The monoisotopic (exact) mass is 260 g/mol. The van der Waals surface area contributed by atoms with Crippen molar-refractivity contribution >= 4 is 12.2 Å². The van der Waals surface area contributed by atoms with Gasteiger partial charge in [0, 0.05) is 31.3 Å². The molecule has 100 valence electrons. The average Bonchev–Trinajstić information content (AvgIpc) is 3.16. The Hall–Kier alpha value is -1.95. The van der Waals surface area contributed by atoms with Crippen LogP contribution < -0.4 is 0 Å². The topological polar surface area (TPSA) is 66.0 Å². The van der Waals surface area contributed by atoms with E-state index in [9.17, 15) is 0 Å². The molecule has 2 aromatic heterocycles. The van der Waals surface area contributed by atoms with E-state index in [4.69, 9.17) is 9.26 Å². The van der Waals surface area contributed by atoms with Crippen LogP contribution in [0.25, 0.3) is 12.2 Å². The first kappa shape index (κ1) is 12.1. The predicted octanol–water partition coefficient (Wildman–Crippen LogP) is 1.96. The maximum absolute atomic E-state index is 5.32. The number of aromatic nitrogens is 4. The van der Waals surface area contributed by atoms with Gasteiger partial charge in [-0.15, -0.1) is 0 Å². The Labute approximate surface area is 111 Å². The van der Waals surface area contributed by atoms with Crippen LogP contribution in [0.3, 0.4) is 0 Å². The highest BCUT2D eigenvalue weighted by atomic mass is 16.5. The van der Waals surface area contributed by atoms with Crippen LogP contribution in [0, 0.1) is 0 Å². The van der Waals surface area contributed by atoms with Gasteiger partial charge in [-0.3, -0.25) is 4.68 Å². The Morgan fingerprint density at radius 1 is 1.47 bits per heavy atom. The first-order valence-corrected chi connectivity index (χ1v) is 6.48. The molecule has 3 rings (SSSR count). The second-order valence-electron chi connectivity index (χ2n) is 4.46. The molecule has 6 heteroatoms. The van der Waals surface area contributed by atoms with Crippen molar-refractivity contribution in [2.45, 2.75) is 25.8 Å². The van der Waals surface area contributed by atoms with Crippen LogP contribution in [-0.2, 0) is 11.3 Å². The summed E-state index contributed by atoms with van der Waals surface area (Å²) in [6.07, 6.45) is 6.48. The molecule has 0 bridgehead atoms. The molecular formula is C13H16N4O2. The zero-order valence-electron chi connectivity index (χ0n) is 10.8. The summed E-state index contributed by atoms with van der Waals surface area (Å²) in [5.74, 6) is 1.53. The third-order valence-electron chi connectivity index (χ3n) is 3.20. The second kappa shape index (κ2) is 5.36.